The lowest BCUT2D eigenvalue weighted by Gasteiger charge is -2.17. The van der Waals surface area contributed by atoms with E-state index in [1.807, 2.05) is 0 Å². The summed E-state index contributed by atoms with van der Waals surface area (Å²) in [6.07, 6.45) is 4.05. The van der Waals surface area contributed by atoms with Crippen LogP contribution >= 0.6 is 12.4 Å². The lowest BCUT2D eigenvalue weighted by atomic mass is 9.97. The average molecular weight is 210 g/mol. The van der Waals surface area contributed by atoms with Crippen LogP contribution in [0.15, 0.2) is 18.2 Å². The predicted molar refractivity (Wildman–Crippen MR) is 61.1 cm³/mol. The van der Waals surface area contributed by atoms with Crippen molar-refractivity contribution < 1.29 is 0 Å². The molecule has 0 bridgehead atoms. The average Bonchev–Trinajstić information content (AvgIpc) is 3.00. The molecule has 76 valence electrons. The van der Waals surface area contributed by atoms with E-state index in [0.717, 1.165) is 19.0 Å². The second-order valence-electron chi connectivity index (χ2n) is 4.23. The minimum Gasteiger partial charge on any atom is -0.312 e. The minimum atomic E-state index is 0. The molecule has 1 N–H and O–H groups in total. The van der Waals surface area contributed by atoms with Crippen LogP contribution < -0.4 is 5.32 Å². The highest BCUT2D eigenvalue weighted by atomic mass is 35.5. The summed E-state index contributed by atoms with van der Waals surface area (Å²) >= 11 is 0. The van der Waals surface area contributed by atoms with Crippen LogP contribution in [0.2, 0.25) is 0 Å². The van der Waals surface area contributed by atoms with Crippen molar-refractivity contribution in [1.82, 2.24) is 5.32 Å². The van der Waals surface area contributed by atoms with Gasteiger partial charge in [-0.2, -0.15) is 0 Å². The zero-order valence-electron chi connectivity index (χ0n) is 8.25. The fourth-order valence-electron chi connectivity index (χ4n) is 2.17. The van der Waals surface area contributed by atoms with Crippen molar-refractivity contribution in [2.45, 2.75) is 31.7 Å². The Kier molecular flexibility index (Phi) is 2.80. The van der Waals surface area contributed by atoms with Gasteiger partial charge in [-0.05, 0) is 48.4 Å². The lowest BCUT2D eigenvalue weighted by Crippen LogP contribution is -2.23. The Hall–Kier alpha value is -0.530. The first-order valence-electron chi connectivity index (χ1n) is 5.26. The Morgan fingerprint density at radius 1 is 1.14 bits per heavy atom. The zero-order chi connectivity index (χ0) is 8.67. The quantitative estimate of drug-likeness (QED) is 0.750. The highest BCUT2D eigenvalue weighted by Crippen LogP contribution is 2.40. The maximum absolute atomic E-state index is 3.41. The molecule has 0 atom stereocenters. The lowest BCUT2D eigenvalue weighted by molar-refractivity contribution is 0.643. The van der Waals surface area contributed by atoms with Gasteiger partial charge in [0.1, 0.15) is 0 Å². The molecule has 0 aromatic heterocycles. The second-order valence-corrected chi connectivity index (χ2v) is 4.23. The first-order valence-corrected chi connectivity index (χ1v) is 5.26. The molecule has 1 nitrogen and oxygen atoms in total. The van der Waals surface area contributed by atoms with Gasteiger partial charge in [0.25, 0.3) is 0 Å². The third-order valence-electron chi connectivity index (χ3n) is 3.17. The largest absolute Gasteiger partial charge is 0.312 e. The Morgan fingerprint density at radius 2 is 2.00 bits per heavy atom. The van der Waals surface area contributed by atoms with Crippen molar-refractivity contribution in [3.8, 4) is 0 Å². The molecule has 3 rings (SSSR count). The van der Waals surface area contributed by atoms with E-state index in [2.05, 4.69) is 23.5 Å². The summed E-state index contributed by atoms with van der Waals surface area (Å²) in [5.74, 6) is 0.903. The fourth-order valence-corrected chi connectivity index (χ4v) is 2.17. The Labute approximate surface area is 91.3 Å². The van der Waals surface area contributed by atoms with Gasteiger partial charge in [-0.3, -0.25) is 0 Å². The van der Waals surface area contributed by atoms with Crippen LogP contribution in [0.5, 0.6) is 0 Å². The molecule has 1 fully saturated rings. The number of rotatable bonds is 1. The second kappa shape index (κ2) is 3.92. The van der Waals surface area contributed by atoms with Crippen molar-refractivity contribution in [2.75, 3.05) is 6.54 Å². The summed E-state index contributed by atoms with van der Waals surface area (Å²) in [5, 5.41) is 3.41. The number of nitrogens with one attached hydrogen (secondary N) is 1. The molecule has 1 aliphatic heterocycles. The van der Waals surface area contributed by atoms with Crippen LogP contribution in [0.25, 0.3) is 0 Å². The van der Waals surface area contributed by atoms with Crippen LogP contribution in [-0.4, -0.2) is 6.54 Å². The molecule has 0 saturated heterocycles. The maximum Gasteiger partial charge on any atom is 0.0208 e. The molecule has 0 spiro atoms. The SMILES string of the molecule is Cl.c1cc2c(cc1C1CC1)CCNC2. The summed E-state index contributed by atoms with van der Waals surface area (Å²) < 4.78 is 0. The van der Waals surface area contributed by atoms with E-state index in [0.29, 0.717) is 0 Å². The molecule has 0 radical (unpaired) electrons. The normalized spacial score (nSPS) is 19.7. The summed E-state index contributed by atoms with van der Waals surface area (Å²) in [6.45, 7) is 2.22. The van der Waals surface area contributed by atoms with Crippen LogP contribution in [0.3, 0.4) is 0 Å². The van der Waals surface area contributed by atoms with Crippen molar-refractivity contribution >= 4 is 12.4 Å². The van der Waals surface area contributed by atoms with Crippen molar-refractivity contribution in [3.63, 3.8) is 0 Å². The van der Waals surface area contributed by atoms with Gasteiger partial charge in [0.05, 0.1) is 0 Å². The van der Waals surface area contributed by atoms with Gasteiger partial charge in [-0.25, -0.2) is 0 Å². The van der Waals surface area contributed by atoms with E-state index in [1.54, 1.807) is 11.1 Å². The minimum absolute atomic E-state index is 0. The van der Waals surface area contributed by atoms with Gasteiger partial charge in [-0.15, -0.1) is 12.4 Å². The van der Waals surface area contributed by atoms with Gasteiger partial charge < -0.3 is 5.32 Å². The molecule has 1 aromatic rings. The molecule has 0 unspecified atom stereocenters. The molecule has 1 saturated carbocycles. The molecule has 2 aliphatic rings. The van der Waals surface area contributed by atoms with Crippen molar-refractivity contribution in [3.05, 3.63) is 34.9 Å². The highest BCUT2D eigenvalue weighted by Gasteiger charge is 2.24. The number of fused-ring (bicyclic) bond motifs is 1. The number of halogens is 1. The first kappa shape index (κ1) is 10.0. The molecule has 1 aromatic carbocycles. The van der Waals surface area contributed by atoms with Crippen LogP contribution in [0.4, 0.5) is 0 Å². The van der Waals surface area contributed by atoms with Gasteiger partial charge in [0.15, 0.2) is 0 Å². The van der Waals surface area contributed by atoms with E-state index in [9.17, 15) is 0 Å². The van der Waals surface area contributed by atoms with Crippen molar-refractivity contribution in [2.24, 2.45) is 0 Å². The summed E-state index contributed by atoms with van der Waals surface area (Å²) in [7, 11) is 0. The fraction of sp³-hybridized carbons (Fsp3) is 0.500. The van der Waals surface area contributed by atoms with Gasteiger partial charge in [0.2, 0.25) is 0 Å². The Morgan fingerprint density at radius 3 is 2.79 bits per heavy atom. The van der Waals surface area contributed by atoms with E-state index in [1.165, 1.54) is 24.8 Å². The molecule has 2 heteroatoms. The summed E-state index contributed by atoms with van der Waals surface area (Å²) in [5.41, 5.74) is 4.68. The van der Waals surface area contributed by atoms with E-state index in [-0.39, 0.29) is 12.4 Å². The third-order valence-corrected chi connectivity index (χ3v) is 3.17. The number of hydrogen-bond acceptors (Lipinski definition) is 1. The molecule has 1 aliphatic carbocycles. The number of hydrogen-bond donors (Lipinski definition) is 1. The molecule has 14 heavy (non-hydrogen) atoms. The topological polar surface area (TPSA) is 12.0 Å². The molecular formula is C12H16ClN. The Bertz CT molecular complexity index is 331. The summed E-state index contributed by atoms with van der Waals surface area (Å²) in [6, 6.07) is 7.08. The monoisotopic (exact) mass is 209 g/mol. The summed E-state index contributed by atoms with van der Waals surface area (Å²) in [4.78, 5) is 0. The first-order chi connectivity index (χ1) is 6.43. The van der Waals surface area contributed by atoms with Gasteiger partial charge >= 0.3 is 0 Å². The predicted octanol–water partition coefficient (Wildman–Crippen LogP) is 2.63. The van der Waals surface area contributed by atoms with Crippen LogP contribution in [-0.2, 0) is 13.0 Å². The van der Waals surface area contributed by atoms with E-state index >= 15 is 0 Å². The van der Waals surface area contributed by atoms with Gasteiger partial charge in [-0.1, -0.05) is 18.2 Å². The molecule has 1 heterocycles. The Balaban J connectivity index is 0.000000750. The van der Waals surface area contributed by atoms with E-state index < -0.39 is 0 Å². The molecular weight excluding hydrogens is 194 g/mol. The maximum atomic E-state index is 3.41. The van der Waals surface area contributed by atoms with Crippen LogP contribution in [0.1, 0.15) is 35.4 Å². The standard InChI is InChI=1S/C12H15N.ClH/c1-2-9(1)10-3-4-12-8-13-6-5-11(12)7-10;/h3-4,7,9,13H,1-2,5-6,8H2;1H. The molecule has 0 amide bonds. The highest BCUT2D eigenvalue weighted by molar-refractivity contribution is 5.85. The zero-order valence-corrected chi connectivity index (χ0v) is 9.07. The smallest absolute Gasteiger partial charge is 0.0208 e. The van der Waals surface area contributed by atoms with Gasteiger partial charge in [0, 0.05) is 6.54 Å². The van der Waals surface area contributed by atoms with Crippen molar-refractivity contribution in [1.29, 1.82) is 0 Å². The van der Waals surface area contributed by atoms with Crippen LogP contribution in [0, 0.1) is 0 Å². The third kappa shape index (κ3) is 1.79. The number of benzene rings is 1. The van der Waals surface area contributed by atoms with E-state index in [4.69, 9.17) is 0 Å².